The van der Waals surface area contributed by atoms with Crippen molar-refractivity contribution in [2.45, 2.75) is 6.42 Å². The summed E-state index contributed by atoms with van der Waals surface area (Å²) in [6.45, 7) is 0.926. The first kappa shape index (κ1) is 12.0. The van der Waals surface area contributed by atoms with Crippen LogP contribution in [0.5, 0.6) is 0 Å². The summed E-state index contributed by atoms with van der Waals surface area (Å²) in [5.41, 5.74) is 4.47. The number of anilines is 2. The molecule has 0 atom stereocenters. The average molecular weight is 274 g/mol. The Morgan fingerprint density at radius 2 is 1.90 bits per heavy atom. The second kappa shape index (κ2) is 4.98. The Balaban J connectivity index is 1.75. The lowest BCUT2D eigenvalue weighted by Crippen LogP contribution is -2.16. The molecule has 0 saturated carbocycles. The summed E-state index contributed by atoms with van der Waals surface area (Å²) in [5, 5.41) is 0. The van der Waals surface area contributed by atoms with Crippen LogP contribution in [0.4, 0.5) is 11.6 Å². The highest BCUT2D eigenvalue weighted by Crippen LogP contribution is 2.32. The van der Waals surface area contributed by atoms with Gasteiger partial charge < -0.3 is 4.90 Å². The number of hydrogen-bond acceptors (Lipinski definition) is 4. The van der Waals surface area contributed by atoms with E-state index in [2.05, 4.69) is 39.1 Å². The Labute approximate surface area is 123 Å². The van der Waals surface area contributed by atoms with Crippen molar-refractivity contribution in [2.24, 2.45) is 0 Å². The van der Waals surface area contributed by atoms with Gasteiger partial charge in [0.05, 0.1) is 5.69 Å². The van der Waals surface area contributed by atoms with E-state index in [0.29, 0.717) is 0 Å². The van der Waals surface area contributed by atoms with E-state index in [1.807, 2.05) is 30.6 Å². The Morgan fingerprint density at radius 3 is 2.81 bits per heavy atom. The molecule has 3 aromatic rings. The number of rotatable bonds is 2. The highest BCUT2D eigenvalue weighted by molar-refractivity contribution is 5.67. The molecule has 0 fully saturated rings. The van der Waals surface area contributed by atoms with Gasteiger partial charge in [0.25, 0.3) is 0 Å². The molecule has 1 aromatic carbocycles. The van der Waals surface area contributed by atoms with Gasteiger partial charge in [0, 0.05) is 36.4 Å². The fourth-order valence-corrected chi connectivity index (χ4v) is 2.70. The lowest BCUT2D eigenvalue weighted by molar-refractivity contribution is 0.941. The molecular weight excluding hydrogens is 260 g/mol. The van der Waals surface area contributed by atoms with E-state index in [1.165, 1.54) is 11.3 Å². The minimum absolute atomic E-state index is 0.751. The van der Waals surface area contributed by atoms with E-state index in [0.717, 1.165) is 30.2 Å². The molecule has 4 nitrogen and oxygen atoms in total. The minimum atomic E-state index is 0.751. The standard InChI is InChI=1S/C17H14N4/c1-2-6-16-13(4-1)8-11-21(16)17-19-10-7-15(20-17)14-5-3-9-18-12-14/h1-7,9-10,12H,8,11H2. The molecule has 0 aliphatic carbocycles. The quantitative estimate of drug-likeness (QED) is 0.719. The molecule has 102 valence electrons. The highest BCUT2D eigenvalue weighted by Gasteiger charge is 2.21. The fourth-order valence-electron chi connectivity index (χ4n) is 2.70. The van der Waals surface area contributed by atoms with Crippen molar-refractivity contribution in [3.63, 3.8) is 0 Å². The van der Waals surface area contributed by atoms with Gasteiger partial charge in [0.15, 0.2) is 0 Å². The molecule has 0 amide bonds. The minimum Gasteiger partial charge on any atom is -0.310 e. The first-order chi connectivity index (χ1) is 10.4. The van der Waals surface area contributed by atoms with Crippen LogP contribution < -0.4 is 4.90 Å². The maximum Gasteiger partial charge on any atom is 0.230 e. The van der Waals surface area contributed by atoms with Gasteiger partial charge in [-0.25, -0.2) is 9.97 Å². The third kappa shape index (κ3) is 2.14. The Kier molecular flexibility index (Phi) is 2.85. The van der Waals surface area contributed by atoms with E-state index in [4.69, 9.17) is 4.98 Å². The summed E-state index contributed by atoms with van der Waals surface area (Å²) in [5.74, 6) is 0.751. The van der Waals surface area contributed by atoms with E-state index in [9.17, 15) is 0 Å². The van der Waals surface area contributed by atoms with Crippen molar-refractivity contribution in [1.29, 1.82) is 0 Å². The van der Waals surface area contributed by atoms with Crippen molar-refractivity contribution >= 4 is 11.6 Å². The van der Waals surface area contributed by atoms with Gasteiger partial charge in [-0.2, -0.15) is 0 Å². The molecule has 4 rings (SSSR count). The number of nitrogens with zero attached hydrogens (tertiary/aromatic N) is 4. The van der Waals surface area contributed by atoms with Crippen molar-refractivity contribution < 1.29 is 0 Å². The van der Waals surface area contributed by atoms with Gasteiger partial charge in [-0.1, -0.05) is 18.2 Å². The van der Waals surface area contributed by atoms with Gasteiger partial charge in [-0.3, -0.25) is 4.98 Å². The van der Waals surface area contributed by atoms with Crippen LogP contribution in [0.25, 0.3) is 11.3 Å². The third-order valence-electron chi connectivity index (χ3n) is 3.73. The zero-order valence-electron chi connectivity index (χ0n) is 11.5. The van der Waals surface area contributed by atoms with Gasteiger partial charge in [0.2, 0.25) is 5.95 Å². The zero-order chi connectivity index (χ0) is 14.1. The molecule has 2 aromatic heterocycles. The molecule has 0 radical (unpaired) electrons. The van der Waals surface area contributed by atoms with Crippen LogP contribution in [0.1, 0.15) is 5.56 Å². The van der Waals surface area contributed by atoms with Crippen LogP contribution >= 0.6 is 0 Å². The number of pyridine rings is 1. The Bertz CT molecular complexity index is 771. The summed E-state index contributed by atoms with van der Waals surface area (Å²) >= 11 is 0. The summed E-state index contributed by atoms with van der Waals surface area (Å²) in [7, 11) is 0. The highest BCUT2D eigenvalue weighted by atomic mass is 15.3. The smallest absolute Gasteiger partial charge is 0.230 e. The molecule has 3 heterocycles. The van der Waals surface area contributed by atoms with Crippen LogP contribution in [-0.2, 0) is 6.42 Å². The number of para-hydroxylation sites is 1. The van der Waals surface area contributed by atoms with Crippen LogP contribution in [0.3, 0.4) is 0 Å². The first-order valence-electron chi connectivity index (χ1n) is 7.01. The van der Waals surface area contributed by atoms with E-state index >= 15 is 0 Å². The molecule has 21 heavy (non-hydrogen) atoms. The Morgan fingerprint density at radius 1 is 0.952 bits per heavy atom. The summed E-state index contributed by atoms with van der Waals surface area (Å²) in [6.07, 6.45) is 6.44. The monoisotopic (exact) mass is 274 g/mol. The topological polar surface area (TPSA) is 41.9 Å². The largest absolute Gasteiger partial charge is 0.310 e. The molecule has 0 saturated heterocycles. The summed E-state index contributed by atoms with van der Waals surface area (Å²) in [4.78, 5) is 15.5. The van der Waals surface area contributed by atoms with Gasteiger partial charge in [0.1, 0.15) is 0 Å². The number of hydrogen-bond donors (Lipinski definition) is 0. The molecule has 1 aliphatic rings. The lowest BCUT2D eigenvalue weighted by Gasteiger charge is -2.17. The van der Waals surface area contributed by atoms with Crippen LogP contribution in [0, 0.1) is 0 Å². The second-order valence-corrected chi connectivity index (χ2v) is 5.01. The predicted octanol–water partition coefficient (Wildman–Crippen LogP) is 3.23. The molecule has 0 unspecified atom stereocenters. The number of fused-ring (bicyclic) bond motifs is 1. The normalized spacial score (nSPS) is 13.2. The van der Waals surface area contributed by atoms with Gasteiger partial charge in [-0.15, -0.1) is 0 Å². The summed E-state index contributed by atoms with van der Waals surface area (Å²) in [6, 6.07) is 14.3. The molecule has 1 aliphatic heterocycles. The van der Waals surface area contributed by atoms with Crippen molar-refractivity contribution in [1.82, 2.24) is 15.0 Å². The molecule has 0 N–H and O–H groups in total. The maximum atomic E-state index is 4.70. The molecule has 0 bridgehead atoms. The van der Waals surface area contributed by atoms with Gasteiger partial charge >= 0.3 is 0 Å². The fraction of sp³-hybridized carbons (Fsp3) is 0.118. The second-order valence-electron chi connectivity index (χ2n) is 5.01. The maximum absolute atomic E-state index is 4.70. The van der Waals surface area contributed by atoms with Gasteiger partial charge in [-0.05, 0) is 36.2 Å². The van der Waals surface area contributed by atoms with E-state index in [-0.39, 0.29) is 0 Å². The Hall–Kier alpha value is -2.75. The summed E-state index contributed by atoms with van der Waals surface area (Å²) < 4.78 is 0. The van der Waals surface area contributed by atoms with Crippen molar-refractivity contribution in [3.8, 4) is 11.3 Å². The van der Waals surface area contributed by atoms with Crippen molar-refractivity contribution in [3.05, 3.63) is 66.6 Å². The number of aromatic nitrogens is 3. The van der Waals surface area contributed by atoms with Crippen LogP contribution in [0.2, 0.25) is 0 Å². The first-order valence-corrected chi connectivity index (χ1v) is 7.01. The van der Waals surface area contributed by atoms with Crippen molar-refractivity contribution in [2.75, 3.05) is 11.4 Å². The van der Waals surface area contributed by atoms with Crippen LogP contribution in [0.15, 0.2) is 61.1 Å². The lowest BCUT2D eigenvalue weighted by atomic mass is 10.2. The molecule has 4 heteroatoms. The average Bonchev–Trinajstić information content (AvgIpc) is 3.00. The molecular formula is C17H14N4. The van der Waals surface area contributed by atoms with Crippen LogP contribution in [-0.4, -0.2) is 21.5 Å². The SMILES string of the molecule is c1cncc(-c2ccnc(N3CCc4ccccc43)n2)c1. The zero-order valence-corrected chi connectivity index (χ0v) is 11.5. The number of benzene rings is 1. The predicted molar refractivity (Wildman–Crippen MR) is 82.4 cm³/mol. The van der Waals surface area contributed by atoms with E-state index < -0.39 is 0 Å². The molecule has 0 spiro atoms. The third-order valence-corrected chi connectivity index (χ3v) is 3.73. The van der Waals surface area contributed by atoms with E-state index in [1.54, 1.807) is 6.20 Å².